The fraction of sp³-hybridized carbons (Fsp3) is 0.278. The van der Waals surface area contributed by atoms with Gasteiger partial charge in [0.1, 0.15) is 24.1 Å². The number of carbonyl (C=O) groups is 1. The minimum absolute atomic E-state index is 0.146. The molecule has 1 fully saturated rings. The number of rotatable bonds is 3. The van der Waals surface area contributed by atoms with Gasteiger partial charge < -0.3 is 19.4 Å². The van der Waals surface area contributed by atoms with Crippen LogP contribution in [-0.4, -0.2) is 45.6 Å². The second kappa shape index (κ2) is 7.28. The first-order chi connectivity index (χ1) is 13.1. The molecule has 0 spiro atoms. The average molecular weight is 374 g/mol. The quantitative estimate of drug-likeness (QED) is 0.762. The maximum absolute atomic E-state index is 13.2. The van der Waals surface area contributed by atoms with E-state index in [2.05, 4.69) is 15.0 Å². The lowest BCUT2D eigenvalue weighted by atomic mass is 10.2. The Labute approximate surface area is 152 Å². The molecular formula is C18H16F2N4O3. The third kappa shape index (κ3) is 3.72. The molecule has 4 rings (SSSR count). The molecule has 140 valence electrons. The zero-order chi connectivity index (χ0) is 18.8. The van der Waals surface area contributed by atoms with Gasteiger partial charge in [-0.25, -0.2) is 23.5 Å². The topological polar surface area (TPSA) is 80.3 Å². The normalized spacial score (nSPS) is 17.3. The van der Waals surface area contributed by atoms with E-state index in [4.69, 9.17) is 9.47 Å². The molecule has 0 unspecified atom stereocenters. The number of H-pyrrole nitrogens is 1. The number of carbonyl (C=O) groups excluding carboxylic acids is 1. The summed E-state index contributed by atoms with van der Waals surface area (Å²) in [4.78, 5) is 25.5. The maximum atomic E-state index is 13.2. The highest BCUT2D eigenvalue weighted by Gasteiger charge is 2.28. The number of benzene rings is 1. The first-order valence-corrected chi connectivity index (χ1v) is 8.38. The molecule has 0 aliphatic carbocycles. The number of nitrogens with one attached hydrogen (secondary N) is 1. The molecule has 1 amide bonds. The van der Waals surface area contributed by atoms with Crippen LogP contribution in [0, 0.1) is 11.6 Å². The Hall–Kier alpha value is -3.07. The van der Waals surface area contributed by atoms with Gasteiger partial charge in [-0.1, -0.05) is 6.07 Å². The van der Waals surface area contributed by atoms with Crippen LogP contribution in [0.2, 0.25) is 0 Å². The number of hydrogen-bond acceptors (Lipinski definition) is 5. The molecule has 1 saturated heterocycles. The van der Waals surface area contributed by atoms with Crippen molar-refractivity contribution in [1.82, 2.24) is 19.9 Å². The Morgan fingerprint density at radius 2 is 2.22 bits per heavy atom. The Morgan fingerprint density at radius 1 is 1.33 bits per heavy atom. The number of ether oxygens (including phenoxy) is 2. The summed E-state index contributed by atoms with van der Waals surface area (Å²) >= 11 is 0. The molecule has 0 saturated carbocycles. The van der Waals surface area contributed by atoms with Crippen molar-refractivity contribution in [1.29, 1.82) is 0 Å². The van der Waals surface area contributed by atoms with Crippen LogP contribution in [0.15, 0.2) is 36.5 Å². The van der Waals surface area contributed by atoms with Crippen molar-refractivity contribution in [3.8, 4) is 0 Å². The smallest absolute Gasteiger partial charge is 0.410 e. The van der Waals surface area contributed by atoms with Gasteiger partial charge in [0.2, 0.25) is 0 Å². The maximum Gasteiger partial charge on any atom is 0.410 e. The van der Waals surface area contributed by atoms with Gasteiger partial charge in [0.05, 0.1) is 13.2 Å². The van der Waals surface area contributed by atoms with Gasteiger partial charge in [-0.15, -0.1) is 0 Å². The van der Waals surface area contributed by atoms with Crippen LogP contribution in [0.5, 0.6) is 0 Å². The Morgan fingerprint density at radius 3 is 3.04 bits per heavy atom. The zero-order valence-electron chi connectivity index (χ0n) is 14.2. The van der Waals surface area contributed by atoms with E-state index >= 15 is 0 Å². The van der Waals surface area contributed by atoms with E-state index < -0.39 is 23.8 Å². The van der Waals surface area contributed by atoms with E-state index in [9.17, 15) is 13.6 Å². The highest BCUT2D eigenvalue weighted by atomic mass is 19.2. The SMILES string of the molecule is O=C(OCc1ccc(F)c(F)c1)N1CCO[C@H](c2nc3cccnc3[nH]2)C1. The molecule has 1 aromatic carbocycles. The van der Waals surface area contributed by atoms with E-state index in [1.54, 1.807) is 12.3 Å². The summed E-state index contributed by atoms with van der Waals surface area (Å²) < 4.78 is 37.1. The van der Waals surface area contributed by atoms with E-state index in [0.29, 0.717) is 35.7 Å². The van der Waals surface area contributed by atoms with Crippen LogP contribution in [0.4, 0.5) is 13.6 Å². The van der Waals surface area contributed by atoms with E-state index in [1.807, 2.05) is 6.07 Å². The van der Waals surface area contributed by atoms with E-state index in [1.165, 1.54) is 11.0 Å². The van der Waals surface area contributed by atoms with Crippen molar-refractivity contribution >= 4 is 17.3 Å². The molecule has 1 N–H and O–H groups in total. The number of fused-ring (bicyclic) bond motifs is 1. The number of amides is 1. The van der Waals surface area contributed by atoms with Crippen LogP contribution >= 0.6 is 0 Å². The number of aromatic amines is 1. The number of halogens is 2. The van der Waals surface area contributed by atoms with E-state index in [0.717, 1.165) is 12.1 Å². The molecule has 1 atom stereocenters. The summed E-state index contributed by atoms with van der Waals surface area (Å²) in [6.45, 7) is 0.810. The molecule has 7 nitrogen and oxygen atoms in total. The summed E-state index contributed by atoms with van der Waals surface area (Å²) in [5.74, 6) is -1.34. The molecule has 2 aromatic heterocycles. The zero-order valence-corrected chi connectivity index (χ0v) is 14.2. The summed E-state index contributed by atoms with van der Waals surface area (Å²) in [5, 5.41) is 0. The molecule has 1 aliphatic heterocycles. The fourth-order valence-electron chi connectivity index (χ4n) is 2.86. The Balaban J connectivity index is 1.39. The first-order valence-electron chi connectivity index (χ1n) is 8.38. The lowest BCUT2D eigenvalue weighted by molar-refractivity contribution is -0.0330. The molecule has 0 radical (unpaired) electrons. The van der Waals surface area contributed by atoms with Crippen molar-refractivity contribution < 1.29 is 23.0 Å². The molecule has 3 aromatic rings. The largest absolute Gasteiger partial charge is 0.445 e. The van der Waals surface area contributed by atoms with Gasteiger partial charge in [0.15, 0.2) is 17.3 Å². The Bertz CT molecular complexity index is 945. The number of nitrogens with zero attached hydrogens (tertiary/aromatic N) is 3. The van der Waals surface area contributed by atoms with Crippen molar-refractivity contribution in [3.05, 3.63) is 59.6 Å². The Kier molecular flexibility index (Phi) is 4.68. The summed E-state index contributed by atoms with van der Waals surface area (Å²) in [5.41, 5.74) is 1.73. The standard InChI is InChI=1S/C18H16F2N4O3/c19-12-4-3-11(8-13(12)20)10-27-18(25)24-6-7-26-15(9-24)17-22-14-2-1-5-21-16(14)23-17/h1-5,8,15H,6-7,9-10H2,(H,21,22,23)/t15-/m0/s1. The monoisotopic (exact) mass is 374 g/mol. The van der Waals surface area contributed by atoms with Gasteiger partial charge in [-0.3, -0.25) is 0 Å². The molecule has 0 bridgehead atoms. The van der Waals surface area contributed by atoms with Gasteiger partial charge in [0.25, 0.3) is 0 Å². The highest BCUT2D eigenvalue weighted by Crippen LogP contribution is 2.22. The highest BCUT2D eigenvalue weighted by molar-refractivity contribution is 5.70. The van der Waals surface area contributed by atoms with Crippen molar-refractivity contribution in [2.24, 2.45) is 0 Å². The summed E-state index contributed by atoms with van der Waals surface area (Å²) in [6, 6.07) is 7.00. The minimum Gasteiger partial charge on any atom is -0.445 e. The number of aromatic nitrogens is 3. The van der Waals surface area contributed by atoms with Crippen molar-refractivity contribution in [2.75, 3.05) is 19.7 Å². The van der Waals surface area contributed by atoms with Gasteiger partial charge in [-0.2, -0.15) is 0 Å². The van der Waals surface area contributed by atoms with Crippen LogP contribution in [0.1, 0.15) is 17.5 Å². The van der Waals surface area contributed by atoms with Crippen LogP contribution < -0.4 is 0 Å². The first kappa shape index (κ1) is 17.3. The predicted molar refractivity (Wildman–Crippen MR) is 90.7 cm³/mol. The third-order valence-corrected chi connectivity index (χ3v) is 4.25. The van der Waals surface area contributed by atoms with Crippen LogP contribution in [0.25, 0.3) is 11.2 Å². The summed E-state index contributed by atoms with van der Waals surface area (Å²) in [6.07, 6.45) is 0.680. The lowest BCUT2D eigenvalue weighted by Gasteiger charge is -2.31. The summed E-state index contributed by atoms with van der Waals surface area (Å²) in [7, 11) is 0. The molecular weight excluding hydrogens is 358 g/mol. The van der Waals surface area contributed by atoms with Gasteiger partial charge in [0, 0.05) is 12.7 Å². The van der Waals surface area contributed by atoms with Gasteiger partial charge in [-0.05, 0) is 29.8 Å². The predicted octanol–water partition coefficient (Wildman–Crippen LogP) is 2.95. The van der Waals surface area contributed by atoms with Crippen LogP contribution in [-0.2, 0) is 16.1 Å². The molecule has 27 heavy (non-hydrogen) atoms. The van der Waals surface area contributed by atoms with Crippen molar-refractivity contribution in [3.63, 3.8) is 0 Å². The number of hydrogen-bond donors (Lipinski definition) is 1. The third-order valence-electron chi connectivity index (χ3n) is 4.25. The number of pyridine rings is 1. The van der Waals surface area contributed by atoms with E-state index in [-0.39, 0.29) is 13.2 Å². The number of imidazole rings is 1. The second-order valence-electron chi connectivity index (χ2n) is 6.10. The molecule has 1 aliphatic rings. The lowest BCUT2D eigenvalue weighted by Crippen LogP contribution is -2.42. The average Bonchev–Trinajstić information content (AvgIpc) is 3.13. The number of morpholine rings is 1. The van der Waals surface area contributed by atoms with Crippen molar-refractivity contribution in [2.45, 2.75) is 12.7 Å². The molecule has 9 heteroatoms. The second-order valence-corrected chi connectivity index (χ2v) is 6.10. The fourth-order valence-corrected chi connectivity index (χ4v) is 2.86. The van der Waals surface area contributed by atoms with Crippen LogP contribution in [0.3, 0.4) is 0 Å². The molecule has 3 heterocycles. The van der Waals surface area contributed by atoms with Gasteiger partial charge >= 0.3 is 6.09 Å². The minimum atomic E-state index is -0.978.